The number of thiophene rings is 1. The van der Waals surface area contributed by atoms with Crippen LogP contribution in [0.5, 0.6) is 0 Å². The van der Waals surface area contributed by atoms with Crippen LogP contribution in [-0.4, -0.2) is 16.1 Å². The molecule has 0 aliphatic heterocycles. The number of pyridine rings is 1. The van der Waals surface area contributed by atoms with Crippen LogP contribution in [-0.2, 0) is 6.54 Å². The van der Waals surface area contributed by atoms with Crippen molar-refractivity contribution >= 4 is 23.1 Å². The fourth-order valence-corrected chi connectivity index (χ4v) is 2.62. The summed E-state index contributed by atoms with van der Waals surface area (Å²) in [6.45, 7) is 4.74. The molecular weight excluding hydrogens is 248 g/mol. The number of hydrogen-bond donors (Lipinski definition) is 2. The van der Waals surface area contributed by atoms with Crippen molar-refractivity contribution in [3.8, 4) is 0 Å². The molecule has 2 aromatic heterocycles. The van der Waals surface area contributed by atoms with Gasteiger partial charge in [0.05, 0.1) is 6.54 Å². The number of carboxylic acids is 1. The average molecular weight is 262 g/mol. The third-order valence-electron chi connectivity index (χ3n) is 2.69. The smallest absolute Gasteiger partial charge is 0.339 e. The maximum atomic E-state index is 11.0. The van der Waals surface area contributed by atoms with Gasteiger partial charge in [-0.2, -0.15) is 0 Å². The van der Waals surface area contributed by atoms with E-state index in [1.165, 1.54) is 15.3 Å². The summed E-state index contributed by atoms with van der Waals surface area (Å²) < 4.78 is 0. The summed E-state index contributed by atoms with van der Waals surface area (Å²) >= 11 is 1.71. The molecule has 0 saturated heterocycles. The van der Waals surface area contributed by atoms with Crippen LogP contribution in [0.4, 0.5) is 5.82 Å². The molecule has 0 saturated carbocycles. The van der Waals surface area contributed by atoms with Crippen molar-refractivity contribution in [1.29, 1.82) is 0 Å². The number of carbonyl (C=O) groups is 1. The lowest BCUT2D eigenvalue weighted by molar-refractivity contribution is 0.0697. The molecule has 0 aromatic carbocycles. The fraction of sp³-hybridized carbons (Fsp3) is 0.231. The van der Waals surface area contributed by atoms with Crippen molar-refractivity contribution in [2.45, 2.75) is 20.4 Å². The standard InChI is InChI=1S/C13H14N2O2S/c1-8-6-10(18-9(8)2)7-15-12-11(13(16)17)4-3-5-14-12/h3-6H,7H2,1-2H3,(H,14,15)(H,16,17). The predicted molar refractivity (Wildman–Crippen MR) is 72.3 cm³/mol. The van der Waals surface area contributed by atoms with Gasteiger partial charge in [0.1, 0.15) is 11.4 Å². The van der Waals surface area contributed by atoms with E-state index in [0.717, 1.165) is 0 Å². The topological polar surface area (TPSA) is 62.2 Å². The molecule has 0 aliphatic carbocycles. The monoisotopic (exact) mass is 262 g/mol. The highest BCUT2D eigenvalue weighted by Gasteiger charge is 2.10. The van der Waals surface area contributed by atoms with Gasteiger partial charge in [0.2, 0.25) is 0 Å². The average Bonchev–Trinajstić information content (AvgIpc) is 2.66. The van der Waals surface area contributed by atoms with Crippen LogP contribution in [0.1, 0.15) is 25.7 Å². The molecule has 2 N–H and O–H groups in total. The van der Waals surface area contributed by atoms with Gasteiger partial charge in [-0.1, -0.05) is 0 Å². The summed E-state index contributed by atoms with van der Waals surface area (Å²) in [5, 5.41) is 12.1. The third kappa shape index (κ3) is 2.68. The number of nitrogens with one attached hydrogen (secondary N) is 1. The van der Waals surface area contributed by atoms with Gasteiger partial charge in [0.25, 0.3) is 0 Å². The summed E-state index contributed by atoms with van der Waals surface area (Å²) in [7, 11) is 0. The van der Waals surface area contributed by atoms with E-state index in [-0.39, 0.29) is 5.56 Å². The van der Waals surface area contributed by atoms with Gasteiger partial charge in [-0.3, -0.25) is 0 Å². The minimum Gasteiger partial charge on any atom is -0.478 e. The summed E-state index contributed by atoms with van der Waals surface area (Å²) in [6, 6.07) is 5.27. The van der Waals surface area contributed by atoms with E-state index in [1.807, 2.05) is 0 Å². The van der Waals surface area contributed by atoms with Crippen LogP contribution >= 0.6 is 11.3 Å². The first-order chi connectivity index (χ1) is 8.58. The maximum absolute atomic E-state index is 11.0. The van der Waals surface area contributed by atoms with Crippen LogP contribution in [0.15, 0.2) is 24.4 Å². The molecule has 0 aliphatic rings. The number of carboxylic acid groups (broad SMARTS) is 1. The zero-order valence-corrected chi connectivity index (χ0v) is 11.0. The highest BCUT2D eigenvalue weighted by molar-refractivity contribution is 7.12. The van der Waals surface area contributed by atoms with Crippen molar-refractivity contribution in [2.24, 2.45) is 0 Å². The van der Waals surface area contributed by atoms with E-state index in [1.54, 1.807) is 29.7 Å². The number of aromatic carboxylic acids is 1. The first kappa shape index (κ1) is 12.6. The van der Waals surface area contributed by atoms with Crippen molar-refractivity contribution in [3.63, 3.8) is 0 Å². The van der Waals surface area contributed by atoms with Crippen molar-refractivity contribution < 1.29 is 9.90 Å². The van der Waals surface area contributed by atoms with E-state index in [0.29, 0.717) is 12.4 Å². The third-order valence-corrected chi connectivity index (χ3v) is 3.84. The molecule has 2 heterocycles. The van der Waals surface area contributed by atoms with Crippen LogP contribution in [0, 0.1) is 13.8 Å². The molecule has 5 heteroatoms. The number of rotatable bonds is 4. The first-order valence-corrected chi connectivity index (χ1v) is 6.37. The van der Waals surface area contributed by atoms with Gasteiger partial charge in [0, 0.05) is 16.0 Å². The predicted octanol–water partition coefficient (Wildman–Crippen LogP) is 3.07. The minimum atomic E-state index is -0.968. The van der Waals surface area contributed by atoms with Crippen molar-refractivity contribution in [3.05, 3.63) is 45.3 Å². The van der Waals surface area contributed by atoms with Gasteiger partial charge in [-0.15, -0.1) is 11.3 Å². The van der Waals surface area contributed by atoms with Gasteiger partial charge in [-0.25, -0.2) is 9.78 Å². The Hall–Kier alpha value is -1.88. The highest BCUT2D eigenvalue weighted by atomic mass is 32.1. The SMILES string of the molecule is Cc1cc(CNc2ncccc2C(=O)O)sc1C. The van der Waals surface area contributed by atoms with Crippen molar-refractivity contribution in [1.82, 2.24) is 4.98 Å². The van der Waals surface area contributed by atoms with Crippen molar-refractivity contribution in [2.75, 3.05) is 5.32 Å². The van der Waals surface area contributed by atoms with Crippen LogP contribution in [0.25, 0.3) is 0 Å². The summed E-state index contributed by atoms with van der Waals surface area (Å²) in [4.78, 5) is 17.5. The Bertz CT molecular complexity index is 559. The number of anilines is 1. The Morgan fingerprint density at radius 1 is 1.50 bits per heavy atom. The van der Waals surface area contributed by atoms with Gasteiger partial charge >= 0.3 is 5.97 Å². The zero-order chi connectivity index (χ0) is 13.1. The Kier molecular flexibility index (Phi) is 3.62. The molecule has 2 rings (SSSR count). The normalized spacial score (nSPS) is 10.3. The Balaban J connectivity index is 2.13. The number of hydrogen-bond acceptors (Lipinski definition) is 4. The van der Waals surface area contributed by atoms with E-state index < -0.39 is 5.97 Å². The van der Waals surface area contributed by atoms with E-state index in [4.69, 9.17) is 5.11 Å². The molecule has 0 amide bonds. The molecule has 0 unspecified atom stereocenters. The van der Waals surface area contributed by atoms with Crippen LogP contribution < -0.4 is 5.32 Å². The van der Waals surface area contributed by atoms with Crippen LogP contribution in [0.2, 0.25) is 0 Å². The Morgan fingerprint density at radius 2 is 2.28 bits per heavy atom. The number of aryl methyl sites for hydroxylation is 2. The quantitative estimate of drug-likeness (QED) is 0.889. The Labute approximate surface area is 109 Å². The second-order valence-electron chi connectivity index (χ2n) is 4.01. The lowest BCUT2D eigenvalue weighted by Crippen LogP contribution is -2.07. The van der Waals surface area contributed by atoms with Crippen LogP contribution in [0.3, 0.4) is 0 Å². The second-order valence-corrected chi connectivity index (χ2v) is 5.35. The highest BCUT2D eigenvalue weighted by Crippen LogP contribution is 2.22. The number of nitrogens with zero attached hydrogens (tertiary/aromatic N) is 1. The zero-order valence-electron chi connectivity index (χ0n) is 10.2. The van der Waals surface area contributed by atoms with Gasteiger partial charge < -0.3 is 10.4 Å². The summed E-state index contributed by atoms with van der Waals surface area (Å²) in [5.41, 5.74) is 1.46. The maximum Gasteiger partial charge on any atom is 0.339 e. The fourth-order valence-electron chi connectivity index (χ4n) is 1.63. The molecule has 0 radical (unpaired) electrons. The van der Waals surface area contributed by atoms with Gasteiger partial charge in [0.15, 0.2) is 0 Å². The van der Waals surface area contributed by atoms with E-state index >= 15 is 0 Å². The molecule has 0 atom stereocenters. The molecule has 18 heavy (non-hydrogen) atoms. The van der Waals surface area contributed by atoms with Gasteiger partial charge in [-0.05, 0) is 37.6 Å². The molecule has 0 bridgehead atoms. The largest absolute Gasteiger partial charge is 0.478 e. The lowest BCUT2D eigenvalue weighted by atomic mass is 10.2. The molecular formula is C13H14N2O2S. The lowest BCUT2D eigenvalue weighted by Gasteiger charge is -2.06. The number of aromatic nitrogens is 1. The molecule has 0 fully saturated rings. The molecule has 2 aromatic rings. The first-order valence-electron chi connectivity index (χ1n) is 5.56. The van der Waals surface area contributed by atoms with E-state index in [9.17, 15) is 4.79 Å². The minimum absolute atomic E-state index is 0.197. The summed E-state index contributed by atoms with van der Waals surface area (Å²) in [6.07, 6.45) is 1.58. The molecule has 4 nitrogen and oxygen atoms in total. The molecule has 94 valence electrons. The molecule has 0 spiro atoms. The van der Waals surface area contributed by atoms with E-state index in [2.05, 4.69) is 30.2 Å². The summed E-state index contributed by atoms with van der Waals surface area (Å²) in [5.74, 6) is -0.558. The second kappa shape index (κ2) is 5.18. The Morgan fingerprint density at radius 3 is 2.89 bits per heavy atom.